The molecule has 1 aromatic carbocycles. The first-order valence-electron chi connectivity index (χ1n) is 10.7. The molecule has 0 atom stereocenters. The van der Waals surface area contributed by atoms with Crippen molar-refractivity contribution in [2.24, 2.45) is 5.92 Å². The number of halogens is 3. The number of hydrogen-bond acceptors (Lipinski definition) is 6. The van der Waals surface area contributed by atoms with E-state index in [9.17, 15) is 18.0 Å². The van der Waals surface area contributed by atoms with Crippen LogP contribution in [0.3, 0.4) is 0 Å². The van der Waals surface area contributed by atoms with Crippen LogP contribution in [0.1, 0.15) is 24.2 Å². The first-order chi connectivity index (χ1) is 15.7. The summed E-state index contributed by atoms with van der Waals surface area (Å²) in [6.07, 6.45) is -3.45. The van der Waals surface area contributed by atoms with Crippen molar-refractivity contribution in [3.8, 4) is 5.75 Å². The number of fused-ring (bicyclic) bond motifs is 1. The molecule has 4 rings (SSSR count). The number of aromatic nitrogens is 4. The van der Waals surface area contributed by atoms with E-state index in [1.165, 1.54) is 6.07 Å². The van der Waals surface area contributed by atoms with Crippen LogP contribution in [0.5, 0.6) is 5.75 Å². The summed E-state index contributed by atoms with van der Waals surface area (Å²) < 4.78 is 45.8. The van der Waals surface area contributed by atoms with Crippen LogP contribution in [-0.2, 0) is 11.0 Å². The highest BCUT2D eigenvalue weighted by atomic mass is 19.4. The normalized spacial score (nSPS) is 15.1. The second kappa shape index (κ2) is 9.24. The van der Waals surface area contributed by atoms with Gasteiger partial charge in [-0.2, -0.15) is 17.7 Å². The molecule has 0 radical (unpaired) electrons. The summed E-state index contributed by atoms with van der Waals surface area (Å²) in [7, 11) is 1.76. The lowest BCUT2D eigenvalue weighted by molar-refractivity contribution is -0.146. The van der Waals surface area contributed by atoms with Crippen molar-refractivity contribution in [2.75, 3.05) is 38.2 Å². The second-order valence-corrected chi connectivity index (χ2v) is 8.12. The third-order valence-electron chi connectivity index (χ3n) is 5.82. The van der Waals surface area contributed by atoms with E-state index < -0.39 is 12.0 Å². The molecule has 3 aromatic rings. The number of ether oxygens (including phenoxy) is 1. The minimum Gasteiger partial charge on any atom is -0.491 e. The summed E-state index contributed by atoms with van der Waals surface area (Å²) >= 11 is 0. The van der Waals surface area contributed by atoms with E-state index >= 15 is 0 Å². The molecule has 33 heavy (non-hydrogen) atoms. The average molecular weight is 462 g/mol. The summed E-state index contributed by atoms with van der Waals surface area (Å²) in [5.74, 6) is -0.0470. The Balaban J connectivity index is 1.32. The highest BCUT2D eigenvalue weighted by Crippen LogP contribution is 2.29. The van der Waals surface area contributed by atoms with Crippen molar-refractivity contribution in [3.05, 3.63) is 47.8 Å². The maximum atomic E-state index is 13.1. The number of nitrogens with zero attached hydrogens (tertiary/aromatic N) is 6. The molecule has 0 unspecified atom stereocenters. The molecule has 0 N–H and O–H groups in total. The summed E-state index contributed by atoms with van der Waals surface area (Å²) in [6, 6.07) is 10.8. The minimum absolute atomic E-state index is 0.0330. The standard InChI is InChI=1S/C22H25F3N6O2/c1-15-5-3-4-6-17(15)33-14-13-29(2)20(32)16-9-11-30(12-10-16)19-8-7-18-26-27-21(22(23,24)25)31(18)28-19/h3-8,16H,9-14H2,1-2H3. The number of aryl methyl sites for hydroxylation is 1. The predicted octanol–water partition coefficient (Wildman–Crippen LogP) is 3.21. The van der Waals surface area contributed by atoms with Crippen molar-refractivity contribution in [1.29, 1.82) is 0 Å². The molecule has 1 fully saturated rings. The SMILES string of the molecule is Cc1ccccc1OCCN(C)C(=O)C1CCN(c2ccc3nnc(C(F)(F)F)n3n2)CC1. The highest BCUT2D eigenvalue weighted by Gasteiger charge is 2.38. The van der Waals surface area contributed by atoms with Gasteiger partial charge in [0.1, 0.15) is 18.2 Å². The van der Waals surface area contributed by atoms with Crippen LogP contribution in [0.4, 0.5) is 19.0 Å². The fraction of sp³-hybridized carbons (Fsp3) is 0.455. The van der Waals surface area contributed by atoms with Gasteiger partial charge in [0.05, 0.1) is 6.54 Å². The van der Waals surface area contributed by atoms with E-state index in [4.69, 9.17) is 4.74 Å². The van der Waals surface area contributed by atoms with E-state index in [1.54, 1.807) is 18.0 Å². The minimum atomic E-state index is -4.64. The van der Waals surface area contributed by atoms with Gasteiger partial charge in [0.2, 0.25) is 5.91 Å². The summed E-state index contributed by atoms with van der Waals surface area (Å²) in [6.45, 7) is 3.88. The molecule has 8 nitrogen and oxygen atoms in total. The van der Waals surface area contributed by atoms with Crippen LogP contribution in [0.15, 0.2) is 36.4 Å². The van der Waals surface area contributed by atoms with E-state index in [-0.39, 0.29) is 17.5 Å². The number of likely N-dealkylation sites (N-methyl/N-ethyl adjacent to an activating group) is 1. The molecule has 0 bridgehead atoms. The Kier molecular flexibility index (Phi) is 6.39. The fourth-order valence-corrected chi connectivity index (χ4v) is 3.91. The van der Waals surface area contributed by atoms with Gasteiger partial charge in [-0.25, -0.2) is 0 Å². The zero-order chi connectivity index (χ0) is 23.6. The number of amides is 1. The number of benzene rings is 1. The average Bonchev–Trinajstić information content (AvgIpc) is 3.24. The van der Waals surface area contributed by atoms with Crippen molar-refractivity contribution >= 4 is 17.4 Å². The predicted molar refractivity (Wildman–Crippen MR) is 115 cm³/mol. The smallest absolute Gasteiger partial charge is 0.453 e. The topological polar surface area (TPSA) is 75.9 Å². The lowest BCUT2D eigenvalue weighted by Crippen LogP contribution is -2.42. The van der Waals surface area contributed by atoms with Crippen LogP contribution >= 0.6 is 0 Å². The first-order valence-corrected chi connectivity index (χ1v) is 10.7. The van der Waals surface area contributed by atoms with Gasteiger partial charge in [0.15, 0.2) is 5.65 Å². The number of carbonyl (C=O) groups is 1. The van der Waals surface area contributed by atoms with E-state index in [0.29, 0.717) is 44.9 Å². The molecule has 0 spiro atoms. The zero-order valence-electron chi connectivity index (χ0n) is 18.4. The Morgan fingerprint density at radius 3 is 2.58 bits per heavy atom. The van der Waals surface area contributed by atoms with Gasteiger partial charge < -0.3 is 14.5 Å². The molecule has 1 aliphatic rings. The first kappa shape index (κ1) is 22.8. The number of para-hydroxylation sites is 1. The Morgan fingerprint density at radius 2 is 1.88 bits per heavy atom. The van der Waals surface area contributed by atoms with Crippen LogP contribution in [0, 0.1) is 12.8 Å². The summed E-state index contributed by atoms with van der Waals surface area (Å²) in [4.78, 5) is 16.4. The molecule has 1 saturated heterocycles. The van der Waals surface area contributed by atoms with Crippen LogP contribution in [-0.4, -0.2) is 63.9 Å². The van der Waals surface area contributed by atoms with Crippen molar-refractivity contribution < 1.29 is 22.7 Å². The van der Waals surface area contributed by atoms with Crippen LogP contribution < -0.4 is 9.64 Å². The fourth-order valence-electron chi connectivity index (χ4n) is 3.91. The maximum absolute atomic E-state index is 13.1. The lowest BCUT2D eigenvalue weighted by atomic mass is 9.95. The molecular weight excluding hydrogens is 437 g/mol. The van der Waals surface area contributed by atoms with Gasteiger partial charge in [-0.15, -0.1) is 15.3 Å². The van der Waals surface area contributed by atoms with Gasteiger partial charge in [-0.1, -0.05) is 18.2 Å². The molecule has 0 saturated carbocycles. The van der Waals surface area contributed by atoms with Crippen molar-refractivity contribution in [2.45, 2.75) is 25.9 Å². The molecule has 0 aliphatic carbocycles. The van der Waals surface area contributed by atoms with Crippen molar-refractivity contribution in [1.82, 2.24) is 24.7 Å². The Morgan fingerprint density at radius 1 is 1.15 bits per heavy atom. The van der Waals surface area contributed by atoms with Gasteiger partial charge >= 0.3 is 6.18 Å². The van der Waals surface area contributed by atoms with E-state index in [1.807, 2.05) is 36.1 Å². The lowest BCUT2D eigenvalue weighted by Gasteiger charge is -2.33. The number of alkyl halides is 3. The molecule has 11 heteroatoms. The summed E-state index contributed by atoms with van der Waals surface area (Å²) in [5, 5.41) is 10.8. The Hall–Kier alpha value is -3.37. The summed E-state index contributed by atoms with van der Waals surface area (Å²) in [5.41, 5.74) is 1.07. The molecular formula is C22H25F3N6O2. The van der Waals surface area contributed by atoms with Gasteiger partial charge in [0, 0.05) is 26.1 Å². The molecule has 1 aliphatic heterocycles. The van der Waals surface area contributed by atoms with Gasteiger partial charge in [0.25, 0.3) is 5.82 Å². The number of carbonyl (C=O) groups excluding carboxylic acids is 1. The molecule has 3 heterocycles. The monoisotopic (exact) mass is 462 g/mol. The Bertz CT molecular complexity index is 1120. The van der Waals surface area contributed by atoms with Gasteiger partial charge in [-0.3, -0.25) is 4.79 Å². The quantitative estimate of drug-likeness (QED) is 0.560. The van der Waals surface area contributed by atoms with Crippen molar-refractivity contribution in [3.63, 3.8) is 0 Å². The van der Waals surface area contributed by atoms with E-state index in [2.05, 4.69) is 15.3 Å². The van der Waals surface area contributed by atoms with Gasteiger partial charge in [-0.05, 0) is 43.5 Å². The van der Waals surface area contributed by atoms with Crippen LogP contribution in [0.2, 0.25) is 0 Å². The molecule has 2 aromatic heterocycles. The highest BCUT2D eigenvalue weighted by molar-refractivity contribution is 5.79. The number of piperidine rings is 1. The zero-order valence-corrected chi connectivity index (χ0v) is 18.4. The third-order valence-corrected chi connectivity index (χ3v) is 5.82. The molecule has 1 amide bonds. The van der Waals surface area contributed by atoms with E-state index in [0.717, 1.165) is 15.8 Å². The number of hydrogen-bond donors (Lipinski definition) is 0. The largest absolute Gasteiger partial charge is 0.491 e. The number of rotatable bonds is 6. The maximum Gasteiger partial charge on any atom is 0.453 e. The number of anilines is 1. The third kappa shape index (κ3) is 5.01. The Labute approximate surface area is 189 Å². The van der Waals surface area contributed by atoms with Crippen LogP contribution in [0.25, 0.3) is 5.65 Å². The molecule has 176 valence electrons. The second-order valence-electron chi connectivity index (χ2n) is 8.12.